The molecular formula is C9H7Cl2O. The monoisotopic (exact) mass is 201 g/mol. The normalized spacial score (nSPS) is 9.50. The fourth-order valence-electron chi connectivity index (χ4n) is 0.688. The molecule has 0 fully saturated rings. The predicted octanol–water partition coefficient (Wildman–Crippen LogP) is 3.36. The zero-order chi connectivity index (χ0) is 8.97. The lowest BCUT2D eigenvalue weighted by Crippen LogP contribution is -1.93. The van der Waals surface area contributed by atoms with Gasteiger partial charge in [-0.05, 0) is 6.07 Å². The van der Waals surface area contributed by atoms with Crippen molar-refractivity contribution in [2.24, 2.45) is 0 Å². The number of hydrogen-bond donors (Lipinski definition) is 0. The summed E-state index contributed by atoms with van der Waals surface area (Å²) >= 11 is 11.5. The van der Waals surface area contributed by atoms with Crippen molar-refractivity contribution < 1.29 is 4.74 Å². The van der Waals surface area contributed by atoms with Crippen LogP contribution in [0.15, 0.2) is 24.8 Å². The second-order valence-corrected chi connectivity index (χ2v) is 2.91. The van der Waals surface area contributed by atoms with Gasteiger partial charge in [0.1, 0.15) is 12.4 Å². The fourth-order valence-corrected chi connectivity index (χ4v) is 1.01. The smallest absolute Gasteiger partial charge is 0.139 e. The zero-order valence-electron chi connectivity index (χ0n) is 6.31. The first kappa shape index (κ1) is 9.43. The fraction of sp³-hybridized carbons (Fsp3) is 0.111. The van der Waals surface area contributed by atoms with Crippen LogP contribution in [0.25, 0.3) is 0 Å². The summed E-state index contributed by atoms with van der Waals surface area (Å²) in [5.41, 5.74) is 0. The van der Waals surface area contributed by atoms with Crippen molar-refractivity contribution in [3.05, 3.63) is 40.9 Å². The molecule has 0 unspecified atom stereocenters. The van der Waals surface area contributed by atoms with Crippen molar-refractivity contribution in [2.45, 2.75) is 0 Å². The van der Waals surface area contributed by atoms with Crippen LogP contribution < -0.4 is 4.74 Å². The number of benzene rings is 1. The lowest BCUT2D eigenvalue weighted by molar-refractivity contribution is 0.363. The summed E-state index contributed by atoms with van der Waals surface area (Å²) in [6.45, 7) is 3.94. The largest absolute Gasteiger partial charge is 0.488 e. The van der Waals surface area contributed by atoms with Crippen LogP contribution in [0.1, 0.15) is 0 Å². The van der Waals surface area contributed by atoms with Crippen LogP contribution in [0.3, 0.4) is 0 Å². The van der Waals surface area contributed by atoms with Crippen molar-refractivity contribution >= 4 is 23.2 Å². The quantitative estimate of drug-likeness (QED) is 0.682. The first-order valence-corrected chi connectivity index (χ1v) is 4.10. The highest BCUT2D eigenvalue weighted by molar-refractivity contribution is 6.34. The third kappa shape index (κ3) is 2.43. The molecule has 3 heteroatoms. The van der Waals surface area contributed by atoms with E-state index >= 15 is 0 Å². The van der Waals surface area contributed by atoms with Gasteiger partial charge in [-0.3, -0.25) is 0 Å². The van der Waals surface area contributed by atoms with E-state index in [0.717, 1.165) is 0 Å². The van der Waals surface area contributed by atoms with Gasteiger partial charge in [0, 0.05) is 12.1 Å². The molecule has 1 aromatic rings. The molecule has 0 aromatic heterocycles. The Labute approximate surface area is 81.6 Å². The minimum Gasteiger partial charge on any atom is -0.488 e. The molecule has 1 nitrogen and oxygen atoms in total. The maximum Gasteiger partial charge on any atom is 0.139 e. The Morgan fingerprint density at radius 3 is 3.00 bits per heavy atom. The second kappa shape index (κ2) is 4.39. The molecule has 12 heavy (non-hydrogen) atoms. The highest BCUT2D eigenvalue weighted by atomic mass is 35.5. The molecule has 1 rings (SSSR count). The average Bonchev–Trinajstić information content (AvgIpc) is 2.07. The van der Waals surface area contributed by atoms with E-state index in [1.807, 2.05) is 0 Å². The van der Waals surface area contributed by atoms with Crippen LogP contribution in [0, 0.1) is 6.07 Å². The minimum atomic E-state index is 0.417. The Bertz CT molecular complexity index is 284. The standard InChI is InChI=1S/C9H7Cl2O/c1-2-5-12-9-6-7(10)3-4-8(9)11/h2,4,6H,1,5H2. The first-order chi connectivity index (χ1) is 5.74. The van der Waals surface area contributed by atoms with Gasteiger partial charge in [-0.25, -0.2) is 0 Å². The van der Waals surface area contributed by atoms with Gasteiger partial charge >= 0.3 is 0 Å². The molecule has 0 aliphatic rings. The number of ether oxygens (including phenoxy) is 1. The van der Waals surface area contributed by atoms with E-state index in [1.54, 1.807) is 18.2 Å². The van der Waals surface area contributed by atoms with E-state index in [4.69, 9.17) is 27.9 Å². The van der Waals surface area contributed by atoms with Crippen molar-refractivity contribution in [3.63, 3.8) is 0 Å². The van der Waals surface area contributed by atoms with Crippen molar-refractivity contribution in [1.29, 1.82) is 0 Å². The van der Waals surface area contributed by atoms with Crippen LogP contribution in [0.2, 0.25) is 10.0 Å². The van der Waals surface area contributed by atoms with Gasteiger partial charge in [0.25, 0.3) is 0 Å². The highest BCUT2D eigenvalue weighted by Crippen LogP contribution is 2.27. The van der Waals surface area contributed by atoms with Gasteiger partial charge < -0.3 is 4.74 Å². The number of rotatable bonds is 3. The van der Waals surface area contributed by atoms with Crippen LogP contribution in [0.4, 0.5) is 0 Å². The zero-order valence-corrected chi connectivity index (χ0v) is 7.82. The third-order valence-electron chi connectivity index (χ3n) is 1.19. The van der Waals surface area contributed by atoms with E-state index in [2.05, 4.69) is 12.6 Å². The van der Waals surface area contributed by atoms with Crippen molar-refractivity contribution in [2.75, 3.05) is 6.61 Å². The lowest BCUT2D eigenvalue weighted by Gasteiger charge is -2.04. The SMILES string of the molecule is C=CCOc1cc(Cl)[c]cc1Cl. The molecule has 1 radical (unpaired) electrons. The summed E-state index contributed by atoms with van der Waals surface area (Å²) in [6, 6.07) is 5.93. The van der Waals surface area contributed by atoms with Crippen molar-refractivity contribution in [3.8, 4) is 5.75 Å². The molecule has 1 aromatic carbocycles. The van der Waals surface area contributed by atoms with Gasteiger partial charge in [0.2, 0.25) is 0 Å². The molecule has 0 atom stereocenters. The molecule has 0 spiro atoms. The van der Waals surface area contributed by atoms with E-state index in [1.165, 1.54) is 0 Å². The average molecular weight is 202 g/mol. The van der Waals surface area contributed by atoms with Gasteiger partial charge in [0.05, 0.1) is 10.0 Å². The maximum absolute atomic E-state index is 5.78. The molecule has 0 N–H and O–H groups in total. The highest BCUT2D eigenvalue weighted by Gasteiger charge is 2.00. The molecule has 0 aliphatic heterocycles. The van der Waals surface area contributed by atoms with Gasteiger partial charge in [-0.15, -0.1) is 0 Å². The predicted molar refractivity (Wildman–Crippen MR) is 51.0 cm³/mol. The molecule has 0 bridgehead atoms. The summed E-state index contributed by atoms with van der Waals surface area (Å²) in [6.07, 6.45) is 1.64. The molecular weight excluding hydrogens is 195 g/mol. The summed E-state index contributed by atoms with van der Waals surface area (Å²) in [5, 5.41) is 0.986. The van der Waals surface area contributed by atoms with Crippen LogP contribution in [-0.4, -0.2) is 6.61 Å². The van der Waals surface area contributed by atoms with Gasteiger partial charge in [-0.2, -0.15) is 0 Å². The lowest BCUT2D eigenvalue weighted by atomic mass is 10.3. The molecule has 0 amide bonds. The molecule has 63 valence electrons. The van der Waals surface area contributed by atoms with Crippen LogP contribution in [0.5, 0.6) is 5.75 Å². The maximum atomic E-state index is 5.78. The Morgan fingerprint density at radius 2 is 2.33 bits per heavy atom. The third-order valence-corrected chi connectivity index (χ3v) is 1.70. The van der Waals surface area contributed by atoms with Gasteiger partial charge in [-0.1, -0.05) is 35.9 Å². The molecule has 0 heterocycles. The summed E-state index contributed by atoms with van der Waals surface area (Å²) in [5.74, 6) is 0.556. The summed E-state index contributed by atoms with van der Waals surface area (Å²) in [4.78, 5) is 0. The van der Waals surface area contributed by atoms with E-state index < -0.39 is 0 Å². The second-order valence-electron chi connectivity index (χ2n) is 2.09. The first-order valence-electron chi connectivity index (χ1n) is 3.34. The van der Waals surface area contributed by atoms with Crippen molar-refractivity contribution in [1.82, 2.24) is 0 Å². The Balaban J connectivity index is 2.82. The van der Waals surface area contributed by atoms with E-state index in [-0.39, 0.29) is 0 Å². The molecule has 0 aliphatic carbocycles. The number of halogens is 2. The summed E-state index contributed by atoms with van der Waals surface area (Å²) < 4.78 is 5.21. The number of hydrogen-bond acceptors (Lipinski definition) is 1. The Hall–Kier alpha value is -0.660. The molecule has 0 saturated carbocycles. The van der Waals surface area contributed by atoms with E-state index in [9.17, 15) is 0 Å². The molecule has 0 saturated heterocycles. The van der Waals surface area contributed by atoms with Crippen LogP contribution in [-0.2, 0) is 0 Å². The summed E-state index contributed by atoms with van der Waals surface area (Å²) in [7, 11) is 0. The van der Waals surface area contributed by atoms with Gasteiger partial charge in [0.15, 0.2) is 0 Å². The van der Waals surface area contributed by atoms with Crippen LogP contribution >= 0.6 is 23.2 Å². The topological polar surface area (TPSA) is 9.23 Å². The van der Waals surface area contributed by atoms with E-state index in [0.29, 0.717) is 22.4 Å². The Morgan fingerprint density at radius 1 is 1.58 bits per heavy atom. The Kier molecular flexibility index (Phi) is 3.45. The minimum absolute atomic E-state index is 0.417.